The van der Waals surface area contributed by atoms with Crippen molar-refractivity contribution < 1.29 is 23.8 Å². The van der Waals surface area contributed by atoms with Crippen molar-refractivity contribution in [3.63, 3.8) is 0 Å². The molecule has 0 saturated carbocycles. The number of aliphatic hydroxyl groups is 1. The summed E-state index contributed by atoms with van der Waals surface area (Å²) in [6, 6.07) is 3.36. The van der Waals surface area contributed by atoms with Gasteiger partial charge in [-0.25, -0.2) is 13.8 Å². The summed E-state index contributed by atoms with van der Waals surface area (Å²) in [5, 5.41) is 24.6. The lowest BCUT2D eigenvalue weighted by molar-refractivity contribution is -0.145. The van der Waals surface area contributed by atoms with Gasteiger partial charge in [0.1, 0.15) is 5.82 Å². The van der Waals surface area contributed by atoms with E-state index in [1.54, 1.807) is 20.8 Å². The van der Waals surface area contributed by atoms with Crippen LogP contribution in [0.15, 0.2) is 22.9 Å². The number of aromatic nitrogens is 3. The van der Waals surface area contributed by atoms with E-state index in [0.29, 0.717) is 29.0 Å². The number of aliphatic hydroxyl groups excluding tert-OH is 1. The minimum atomic E-state index is -0.964. The second-order valence-corrected chi connectivity index (χ2v) is 7.04. The third kappa shape index (κ3) is 7.27. The van der Waals surface area contributed by atoms with Gasteiger partial charge in [-0.05, 0) is 60.8 Å². The fraction of sp³-hybridized carbons (Fsp3) is 0.438. The molecule has 0 bridgehead atoms. The lowest BCUT2D eigenvalue weighted by Crippen LogP contribution is -2.18. The Morgan fingerprint density at radius 2 is 1.92 bits per heavy atom. The van der Waals surface area contributed by atoms with Crippen LogP contribution in [0, 0.1) is 17.0 Å². The number of nitrogens with one attached hydrogen (secondary N) is 1. The molecule has 1 heterocycles. The molecule has 1 aromatic heterocycles. The van der Waals surface area contributed by atoms with Crippen molar-refractivity contribution in [1.29, 1.82) is 0 Å². The molecule has 0 spiro atoms. The lowest BCUT2D eigenvalue weighted by Gasteiger charge is -2.10. The summed E-state index contributed by atoms with van der Waals surface area (Å²) in [4.78, 5) is 14.0. The molecule has 2 aromatic rings. The highest BCUT2D eigenvalue weighted by Gasteiger charge is 2.18. The first-order valence-corrected chi connectivity index (χ1v) is 8.23. The third-order valence-electron chi connectivity index (χ3n) is 3.13. The maximum Gasteiger partial charge on any atom is 0.308 e. The Hall–Kier alpha value is -1.87. The van der Waals surface area contributed by atoms with Crippen LogP contribution in [0.25, 0.3) is 0 Å². The van der Waals surface area contributed by atoms with E-state index in [4.69, 9.17) is 5.11 Å². The van der Waals surface area contributed by atoms with Gasteiger partial charge in [0.25, 0.3) is 0 Å². The average molecular weight is 420 g/mol. The number of aliphatic carboxylic acids is 1. The summed E-state index contributed by atoms with van der Waals surface area (Å²) in [6.45, 7) is 4.99. The summed E-state index contributed by atoms with van der Waals surface area (Å²) in [5.41, 5.74) is -0.243. The second kappa shape index (κ2) is 9.00. The van der Waals surface area contributed by atoms with E-state index >= 15 is 0 Å². The van der Waals surface area contributed by atoms with Gasteiger partial charge >= 0.3 is 5.97 Å². The molecule has 0 aliphatic heterocycles. The van der Waals surface area contributed by atoms with E-state index in [0.717, 1.165) is 12.1 Å². The minimum Gasteiger partial charge on any atom is -0.481 e. The highest BCUT2D eigenvalue weighted by Crippen LogP contribution is 2.20. The Morgan fingerprint density at radius 3 is 2.36 bits per heavy atom. The van der Waals surface area contributed by atoms with Crippen LogP contribution in [-0.4, -0.2) is 31.4 Å². The molecular formula is C16H20BrF2N3O3. The first-order chi connectivity index (χ1) is 11.5. The summed E-state index contributed by atoms with van der Waals surface area (Å²) in [5.74, 6) is -2.03. The van der Waals surface area contributed by atoms with Gasteiger partial charge in [-0.15, -0.1) is 5.10 Å². The number of benzene rings is 1. The van der Waals surface area contributed by atoms with Gasteiger partial charge in [-0.3, -0.25) is 9.89 Å². The standard InChI is InChI=1S/C11H10BrF2N3O.C5H10O2/c12-11-15-10(16-17-11)4-3-9(18)6-1-2-7(13)8(14)5-6;1-5(2,3)4(6)7/h1-2,5,9,18H,3-4H2,(H,15,16,17);1-3H3,(H,6,7). The Morgan fingerprint density at radius 1 is 1.32 bits per heavy atom. The zero-order valence-electron chi connectivity index (χ0n) is 14.1. The van der Waals surface area contributed by atoms with Gasteiger partial charge in [-0.1, -0.05) is 6.07 Å². The molecule has 25 heavy (non-hydrogen) atoms. The maximum absolute atomic E-state index is 13.0. The van der Waals surface area contributed by atoms with E-state index < -0.39 is 29.1 Å². The quantitative estimate of drug-likeness (QED) is 0.702. The van der Waals surface area contributed by atoms with Crippen molar-refractivity contribution in [2.24, 2.45) is 5.41 Å². The first-order valence-electron chi connectivity index (χ1n) is 7.44. The van der Waals surface area contributed by atoms with E-state index in [1.165, 1.54) is 6.07 Å². The molecule has 138 valence electrons. The van der Waals surface area contributed by atoms with Crippen LogP contribution in [-0.2, 0) is 11.2 Å². The maximum atomic E-state index is 13.0. The summed E-state index contributed by atoms with van der Waals surface area (Å²) in [7, 11) is 0. The number of carboxylic acids is 1. The number of rotatable bonds is 4. The average Bonchev–Trinajstić information content (AvgIpc) is 2.93. The van der Waals surface area contributed by atoms with Gasteiger partial charge in [0.05, 0.1) is 11.5 Å². The van der Waals surface area contributed by atoms with Crippen LogP contribution in [0.5, 0.6) is 0 Å². The van der Waals surface area contributed by atoms with Crippen LogP contribution < -0.4 is 0 Å². The second-order valence-electron chi connectivity index (χ2n) is 6.33. The normalized spacial score (nSPS) is 12.3. The number of carboxylic acid groups (broad SMARTS) is 1. The molecule has 6 nitrogen and oxygen atoms in total. The number of nitrogens with zero attached hydrogens (tertiary/aromatic N) is 2. The SMILES string of the molecule is CC(C)(C)C(=O)O.OC(CCc1nc(Br)n[nH]1)c1ccc(F)c(F)c1. The first kappa shape index (κ1) is 21.2. The fourth-order valence-corrected chi connectivity index (χ4v) is 1.85. The molecule has 1 atom stereocenters. The van der Waals surface area contributed by atoms with E-state index in [2.05, 4.69) is 31.1 Å². The van der Waals surface area contributed by atoms with Gasteiger partial charge < -0.3 is 10.2 Å². The molecule has 0 saturated heterocycles. The van der Waals surface area contributed by atoms with Crippen molar-refractivity contribution in [2.75, 3.05) is 0 Å². The number of carbonyl (C=O) groups is 1. The zero-order chi connectivity index (χ0) is 19.2. The smallest absolute Gasteiger partial charge is 0.308 e. The van der Waals surface area contributed by atoms with Gasteiger partial charge in [0, 0.05) is 6.42 Å². The molecule has 1 aromatic carbocycles. The molecule has 0 radical (unpaired) electrons. The molecule has 0 amide bonds. The number of aryl methyl sites for hydroxylation is 1. The van der Waals surface area contributed by atoms with E-state index in [9.17, 15) is 18.7 Å². The van der Waals surface area contributed by atoms with Crippen LogP contribution in [0.4, 0.5) is 8.78 Å². The number of hydrogen-bond donors (Lipinski definition) is 3. The molecule has 0 aliphatic rings. The summed E-state index contributed by atoms with van der Waals surface area (Å²) >= 11 is 3.09. The monoisotopic (exact) mass is 419 g/mol. The molecule has 3 N–H and O–H groups in total. The Bertz CT molecular complexity index is 717. The predicted octanol–water partition coefficient (Wildman–Crippen LogP) is 3.63. The topological polar surface area (TPSA) is 99.1 Å². The van der Waals surface area contributed by atoms with E-state index in [1.807, 2.05) is 0 Å². The zero-order valence-corrected chi connectivity index (χ0v) is 15.6. The lowest BCUT2D eigenvalue weighted by atomic mass is 9.98. The van der Waals surface area contributed by atoms with E-state index in [-0.39, 0.29) is 0 Å². The van der Waals surface area contributed by atoms with Gasteiger partial charge in [0.15, 0.2) is 11.6 Å². The molecular weight excluding hydrogens is 400 g/mol. The molecule has 0 aliphatic carbocycles. The molecule has 9 heteroatoms. The molecule has 2 rings (SSSR count). The van der Waals surface area contributed by atoms with Crippen molar-refractivity contribution >= 4 is 21.9 Å². The van der Waals surface area contributed by atoms with Gasteiger partial charge in [0.2, 0.25) is 4.73 Å². The third-order valence-corrected chi connectivity index (χ3v) is 3.48. The molecule has 1 unspecified atom stereocenters. The van der Waals surface area contributed by atoms with Crippen molar-refractivity contribution in [2.45, 2.75) is 39.7 Å². The highest BCUT2D eigenvalue weighted by molar-refractivity contribution is 9.10. The van der Waals surface area contributed by atoms with Crippen LogP contribution in [0.3, 0.4) is 0 Å². The fourth-order valence-electron chi connectivity index (χ4n) is 1.54. The number of hydrogen-bond acceptors (Lipinski definition) is 4. The summed E-state index contributed by atoms with van der Waals surface area (Å²) < 4.78 is 26.2. The van der Waals surface area contributed by atoms with Gasteiger partial charge in [-0.2, -0.15) is 0 Å². The number of H-pyrrole nitrogens is 1. The van der Waals surface area contributed by atoms with Crippen molar-refractivity contribution in [3.05, 3.63) is 46.0 Å². The number of halogens is 3. The van der Waals surface area contributed by atoms with Crippen LogP contribution >= 0.6 is 15.9 Å². The molecule has 0 fully saturated rings. The van der Waals surface area contributed by atoms with Crippen LogP contribution in [0.2, 0.25) is 0 Å². The Kier molecular flexibility index (Phi) is 7.62. The van der Waals surface area contributed by atoms with Crippen molar-refractivity contribution in [1.82, 2.24) is 15.2 Å². The highest BCUT2D eigenvalue weighted by atomic mass is 79.9. The Labute approximate surface area is 152 Å². The van der Waals surface area contributed by atoms with Crippen LogP contribution in [0.1, 0.15) is 44.7 Å². The van der Waals surface area contributed by atoms with Crippen molar-refractivity contribution in [3.8, 4) is 0 Å². The Balaban J connectivity index is 0.000000381. The predicted molar refractivity (Wildman–Crippen MR) is 90.8 cm³/mol. The largest absolute Gasteiger partial charge is 0.481 e. The minimum absolute atomic E-state index is 0.340. The number of aromatic amines is 1. The summed E-state index contributed by atoms with van der Waals surface area (Å²) in [6.07, 6.45) is -0.0742.